The highest BCUT2D eigenvalue weighted by atomic mass is 19.3. The number of methoxy groups -OCH3 is 1. The Morgan fingerprint density at radius 3 is 2.50 bits per heavy atom. The monoisotopic (exact) mass is 331 g/mol. The lowest BCUT2D eigenvalue weighted by molar-refractivity contribution is -0.119. The van der Waals surface area contributed by atoms with Crippen LogP contribution in [0.2, 0.25) is 0 Å². The van der Waals surface area contributed by atoms with Crippen molar-refractivity contribution >= 4 is 11.6 Å². The number of anilines is 1. The Morgan fingerprint density at radius 1 is 1.12 bits per heavy atom. The zero-order chi connectivity index (χ0) is 17.4. The first-order valence-electron chi connectivity index (χ1n) is 7.02. The molecule has 2 aromatic rings. The molecule has 0 aliphatic heterocycles. The maximum Gasteiger partial charge on any atom is 0.387 e. The Hall–Kier alpha value is -2.91. The molecule has 0 saturated heterocycles. The minimum Gasteiger partial charge on any atom is -0.435 e. The first-order chi connectivity index (χ1) is 11.6. The molecule has 0 radical (unpaired) electrons. The van der Waals surface area contributed by atoms with Gasteiger partial charge in [0, 0.05) is 23.9 Å². The van der Waals surface area contributed by atoms with Crippen molar-refractivity contribution in [2.24, 2.45) is 0 Å². The number of carbonyl (C=O) groups excluding carboxylic acids is 1. The zero-order valence-electron chi connectivity index (χ0n) is 12.9. The molecule has 6 heteroatoms. The summed E-state index contributed by atoms with van der Waals surface area (Å²) in [7, 11) is 1.44. The maximum absolute atomic E-state index is 12.1. The number of hydrogen-bond donors (Lipinski definition) is 1. The second-order valence-electron chi connectivity index (χ2n) is 4.71. The van der Waals surface area contributed by atoms with Crippen LogP contribution in [0.3, 0.4) is 0 Å². The van der Waals surface area contributed by atoms with Crippen LogP contribution in [0.1, 0.15) is 11.1 Å². The smallest absolute Gasteiger partial charge is 0.387 e. The predicted octanol–water partition coefficient (Wildman–Crippen LogP) is 3.27. The minimum absolute atomic E-state index is 0.0249. The normalized spacial score (nSPS) is 10.0. The van der Waals surface area contributed by atoms with Gasteiger partial charge in [-0.3, -0.25) is 4.79 Å². The summed E-state index contributed by atoms with van der Waals surface area (Å²) in [6.07, 6.45) is 0. The van der Waals surface area contributed by atoms with Gasteiger partial charge in [0.1, 0.15) is 12.4 Å². The molecule has 0 heterocycles. The Balaban J connectivity index is 2.06. The zero-order valence-corrected chi connectivity index (χ0v) is 12.9. The van der Waals surface area contributed by atoms with Gasteiger partial charge in [-0.2, -0.15) is 8.78 Å². The highest BCUT2D eigenvalue weighted by Gasteiger charge is 2.03. The average Bonchev–Trinajstić information content (AvgIpc) is 2.54. The number of halogens is 2. The van der Waals surface area contributed by atoms with Gasteiger partial charge in [0.05, 0.1) is 0 Å². The van der Waals surface area contributed by atoms with Crippen LogP contribution in [0, 0.1) is 11.8 Å². The summed E-state index contributed by atoms with van der Waals surface area (Å²) in [5, 5.41) is 2.69. The molecule has 1 amide bonds. The van der Waals surface area contributed by atoms with Crippen molar-refractivity contribution in [1.29, 1.82) is 0 Å². The van der Waals surface area contributed by atoms with E-state index in [0.717, 1.165) is 0 Å². The largest absolute Gasteiger partial charge is 0.435 e. The Morgan fingerprint density at radius 2 is 1.83 bits per heavy atom. The maximum atomic E-state index is 12.1. The molecule has 1 N–H and O–H groups in total. The summed E-state index contributed by atoms with van der Waals surface area (Å²) in [6.45, 7) is -2.87. The van der Waals surface area contributed by atoms with Gasteiger partial charge in [-0.25, -0.2) is 0 Å². The molecule has 0 aromatic heterocycles. The van der Waals surface area contributed by atoms with Crippen LogP contribution >= 0.6 is 0 Å². The fourth-order valence-electron chi connectivity index (χ4n) is 1.87. The summed E-state index contributed by atoms with van der Waals surface area (Å²) in [6, 6.07) is 13.1. The van der Waals surface area contributed by atoms with Crippen LogP contribution in [0.15, 0.2) is 48.5 Å². The first-order valence-corrected chi connectivity index (χ1v) is 7.02. The van der Waals surface area contributed by atoms with Crippen LogP contribution in [0.5, 0.6) is 5.75 Å². The average molecular weight is 331 g/mol. The number of benzene rings is 2. The van der Waals surface area contributed by atoms with Crippen molar-refractivity contribution < 1.29 is 23.0 Å². The van der Waals surface area contributed by atoms with E-state index in [0.29, 0.717) is 16.8 Å². The fourth-order valence-corrected chi connectivity index (χ4v) is 1.87. The number of alkyl halides is 2. The van der Waals surface area contributed by atoms with Gasteiger partial charge in [0.2, 0.25) is 5.91 Å². The molecule has 0 unspecified atom stereocenters. The van der Waals surface area contributed by atoms with Gasteiger partial charge >= 0.3 is 6.61 Å². The van der Waals surface area contributed by atoms with E-state index >= 15 is 0 Å². The van der Waals surface area contributed by atoms with Crippen molar-refractivity contribution in [3.63, 3.8) is 0 Å². The molecule has 0 aliphatic carbocycles. The van der Waals surface area contributed by atoms with E-state index in [4.69, 9.17) is 4.74 Å². The van der Waals surface area contributed by atoms with Crippen LogP contribution in [0.25, 0.3) is 0 Å². The molecule has 0 spiro atoms. The topological polar surface area (TPSA) is 47.6 Å². The molecular formula is C18H15F2NO3. The predicted molar refractivity (Wildman–Crippen MR) is 86.0 cm³/mol. The van der Waals surface area contributed by atoms with Crippen molar-refractivity contribution in [3.05, 3.63) is 59.7 Å². The Labute approximate surface area is 138 Å². The van der Waals surface area contributed by atoms with E-state index in [1.807, 2.05) is 0 Å². The molecule has 0 aliphatic rings. The highest BCUT2D eigenvalue weighted by molar-refractivity contribution is 5.91. The molecule has 0 bridgehead atoms. The number of ether oxygens (including phenoxy) is 2. The lowest BCUT2D eigenvalue weighted by Crippen LogP contribution is -2.17. The summed E-state index contributed by atoms with van der Waals surface area (Å²) in [5.74, 6) is 5.69. The first kappa shape index (κ1) is 17.4. The molecule has 0 fully saturated rings. The Bertz CT molecular complexity index is 749. The van der Waals surface area contributed by atoms with E-state index in [-0.39, 0.29) is 18.3 Å². The number of hydrogen-bond acceptors (Lipinski definition) is 3. The van der Waals surface area contributed by atoms with Crippen molar-refractivity contribution in [3.8, 4) is 17.6 Å². The van der Waals surface area contributed by atoms with E-state index in [9.17, 15) is 13.6 Å². The molecule has 2 aromatic carbocycles. The summed E-state index contributed by atoms with van der Waals surface area (Å²) >= 11 is 0. The van der Waals surface area contributed by atoms with Crippen LogP contribution in [-0.2, 0) is 9.53 Å². The van der Waals surface area contributed by atoms with Crippen LogP contribution < -0.4 is 10.1 Å². The van der Waals surface area contributed by atoms with Gasteiger partial charge in [-0.1, -0.05) is 17.9 Å². The van der Waals surface area contributed by atoms with Gasteiger partial charge < -0.3 is 14.8 Å². The SMILES string of the molecule is COCC(=O)Nc1cccc(C#Cc2ccc(OC(F)F)cc2)c1. The quantitative estimate of drug-likeness (QED) is 0.856. The Kier molecular flexibility index (Phi) is 6.29. The molecule has 0 saturated carbocycles. The fraction of sp³-hybridized carbons (Fsp3) is 0.167. The molecule has 124 valence electrons. The third-order valence-electron chi connectivity index (χ3n) is 2.85. The van der Waals surface area contributed by atoms with E-state index in [2.05, 4.69) is 21.9 Å². The van der Waals surface area contributed by atoms with Gasteiger partial charge in [-0.05, 0) is 42.5 Å². The molecule has 4 nitrogen and oxygen atoms in total. The van der Waals surface area contributed by atoms with E-state index < -0.39 is 6.61 Å². The lowest BCUT2D eigenvalue weighted by Gasteiger charge is -2.04. The number of nitrogens with one attached hydrogen (secondary N) is 1. The highest BCUT2D eigenvalue weighted by Crippen LogP contribution is 2.15. The van der Waals surface area contributed by atoms with Gasteiger partial charge in [0.15, 0.2) is 0 Å². The lowest BCUT2D eigenvalue weighted by atomic mass is 10.1. The van der Waals surface area contributed by atoms with Gasteiger partial charge in [0.25, 0.3) is 0 Å². The van der Waals surface area contributed by atoms with Crippen LogP contribution in [-0.4, -0.2) is 26.2 Å². The molecule has 24 heavy (non-hydrogen) atoms. The number of rotatable bonds is 5. The second kappa shape index (κ2) is 8.65. The second-order valence-corrected chi connectivity index (χ2v) is 4.71. The van der Waals surface area contributed by atoms with E-state index in [1.54, 1.807) is 36.4 Å². The third kappa shape index (κ3) is 5.71. The number of carbonyl (C=O) groups is 1. The minimum atomic E-state index is -2.85. The third-order valence-corrected chi connectivity index (χ3v) is 2.85. The summed E-state index contributed by atoms with van der Waals surface area (Å²) in [4.78, 5) is 11.5. The molecule has 0 atom stereocenters. The standard InChI is InChI=1S/C18H15F2NO3/c1-23-12-17(22)21-15-4-2-3-14(11-15)6-5-13-7-9-16(10-8-13)24-18(19)20/h2-4,7-11,18H,12H2,1H3,(H,21,22). The van der Waals surface area contributed by atoms with Crippen molar-refractivity contribution in [2.45, 2.75) is 6.61 Å². The molecule has 2 rings (SSSR count). The van der Waals surface area contributed by atoms with E-state index in [1.165, 1.54) is 19.2 Å². The van der Waals surface area contributed by atoms with Crippen molar-refractivity contribution in [1.82, 2.24) is 0 Å². The summed E-state index contributed by atoms with van der Waals surface area (Å²) < 4.78 is 33.2. The number of amides is 1. The van der Waals surface area contributed by atoms with Gasteiger partial charge in [-0.15, -0.1) is 0 Å². The molecular weight excluding hydrogens is 316 g/mol. The van der Waals surface area contributed by atoms with Crippen molar-refractivity contribution in [2.75, 3.05) is 19.0 Å². The summed E-state index contributed by atoms with van der Waals surface area (Å²) in [5.41, 5.74) is 1.98. The van der Waals surface area contributed by atoms with Crippen LogP contribution in [0.4, 0.5) is 14.5 Å².